The number of carboxylic acid groups (broad SMARTS) is 1. The molecule has 24 heavy (non-hydrogen) atoms. The van der Waals surface area contributed by atoms with Crippen LogP contribution in [0.4, 0.5) is 4.79 Å². The second kappa shape index (κ2) is 6.69. The standard InChI is InChI=1S/C16H18N4O4/c1-10(17-16(23)20-8-7-12(9-20)15(21)22)13-18-14(24-19-13)11-5-3-2-4-6-11/h2-6,10,12H,7-9H2,1H3,(H,17,23)(H,21,22). The van der Waals surface area contributed by atoms with Gasteiger partial charge in [-0.1, -0.05) is 23.4 Å². The summed E-state index contributed by atoms with van der Waals surface area (Å²) in [6, 6.07) is 8.59. The summed E-state index contributed by atoms with van der Waals surface area (Å²) >= 11 is 0. The third kappa shape index (κ3) is 3.37. The number of aromatic nitrogens is 2. The number of rotatable bonds is 4. The number of benzene rings is 1. The van der Waals surface area contributed by atoms with Gasteiger partial charge in [0.2, 0.25) is 0 Å². The van der Waals surface area contributed by atoms with Gasteiger partial charge in [0.15, 0.2) is 5.82 Å². The van der Waals surface area contributed by atoms with Crippen molar-refractivity contribution >= 4 is 12.0 Å². The molecule has 2 aromatic rings. The molecule has 1 saturated heterocycles. The van der Waals surface area contributed by atoms with E-state index < -0.39 is 17.9 Å². The number of likely N-dealkylation sites (tertiary alicyclic amines) is 1. The number of carboxylic acids is 1. The van der Waals surface area contributed by atoms with Gasteiger partial charge in [-0.05, 0) is 25.5 Å². The molecule has 1 aromatic heterocycles. The van der Waals surface area contributed by atoms with E-state index in [1.165, 1.54) is 4.90 Å². The smallest absolute Gasteiger partial charge is 0.318 e. The zero-order valence-electron chi connectivity index (χ0n) is 13.2. The summed E-state index contributed by atoms with van der Waals surface area (Å²) in [4.78, 5) is 29.0. The minimum Gasteiger partial charge on any atom is -0.481 e. The quantitative estimate of drug-likeness (QED) is 0.886. The third-order valence-corrected chi connectivity index (χ3v) is 4.01. The number of urea groups is 1. The van der Waals surface area contributed by atoms with Gasteiger partial charge >= 0.3 is 12.0 Å². The Morgan fingerprint density at radius 2 is 2.12 bits per heavy atom. The number of amides is 2. The molecular weight excluding hydrogens is 312 g/mol. The van der Waals surface area contributed by atoms with Gasteiger partial charge in [0.05, 0.1) is 12.0 Å². The minimum atomic E-state index is -0.871. The summed E-state index contributed by atoms with van der Waals surface area (Å²) in [6.45, 7) is 2.40. The first-order chi connectivity index (χ1) is 11.5. The number of carbonyl (C=O) groups is 2. The number of aliphatic carboxylic acids is 1. The molecule has 2 amide bonds. The maximum atomic E-state index is 12.2. The molecule has 1 aliphatic heterocycles. The van der Waals surface area contributed by atoms with Crippen LogP contribution in [-0.2, 0) is 4.79 Å². The Morgan fingerprint density at radius 1 is 1.38 bits per heavy atom. The van der Waals surface area contributed by atoms with Crippen molar-refractivity contribution in [3.8, 4) is 11.5 Å². The molecule has 126 valence electrons. The van der Waals surface area contributed by atoms with Crippen LogP contribution in [0.1, 0.15) is 25.2 Å². The number of nitrogens with zero attached hydrogens (tertiary/aromatic N) is 3. The van der Waals surface area contributed by atoms with Gasteiger partial charge in [0.25, 0.3) is 5.89 Å². The molecule has 2 heterocycles. The SMILES string of the molecule is CC(NC(=O)N1CCC(C(=O)O)C1)c1noc(-c2ccccc2)n1. The highest BCUT2D eigenvalue weighted by atomic mass is 16.5. The first-order valence-electron chi connectivity index (χ1n) is 7.72. The zero-order valence-corrected chi connectivity index (χ0v) is 13.2. The number of nitrogens with one attached hydrogen (secondary N) is 1. The molecule has 2 N–H and O–H groups in total. The van der Waals surface area contributed by atoms with Crippen molar-refractivity contribution in [2.45, 2.75) is 19.4 Å². The average molecular weight is 330 g/mol. The van der Waals surface area contributed by atoms with Crippen LogP contribution in [0.3, 0.4) is 0 Å². The second-order valence-corrected chi connectivity index (χ2v) is 5.76. The number of hydrogen-bond donors (Lipinski definition) is 2. The Labute approximate surface area is 138 Å². The lowest BCUT2D eigenvalue weighted by Crippen LogP contribution is -2.40. The van der Waals surface area contributed by atoms with Gasteiger partial charge in [0.1, 0.15) is 0 Å². The lowest BCUT2D eigenvalue weighted by atomic mass is 10.1. The highest BCUT2D eigenvalue weighted by molar-refractivity contribution is 5.77. The predicted molar refractivity (Wildman–Crippen MR) is 84.0 cm³/mol. The minimum absolute atomic E-state index is 0.218. The maximum Gasteiger partial charge on any atom is 0.318 e. The van der Waals surface area contributed by atoms with Crippen molar-refractivity contribution < 1.29 is 19.2 Å². The van der Waals surface area contributed by atoms with E-state index in [-0.39, 0.29) is 12.6 Å². The molecule has 8 heteroatoms. The Hall–Kier alpha value is -2.90. The van der Waals surface area contributed by atoms with Crippen molar-refractivity contribution in [2.75, 3.05) is 13.1 Å². The molecule has 0 saturated carbocycles. The first kappa shape index (κ1) is 16.0. The van der Waals surface area contributed by atoms with Gasteiger partial charge in [-0.3, -0.25) is 4.79 Å². The number of carbonyl (C=O) groups excluding carboxylic acids is 1. The van der Waals surface area contributed by atoms with Gasteiger partial charge < -0.3 is 19.8 Å². The Bertz CT molecular complexity index is 731. The predicted octanol–water partition coefficient (Wildman–Crippen LogP) is 1.91. The number of hydrogen-bond acceptors (Lipinski definition) is 5. The van der Waals surface area contributed by atoms with Crippen LogP contribution in [0.5, 0.6) is 0 Å². The van der Waals surface area contributed by atoms with Gasteiger partial charge in [0, 0.05) is 18.7 Å². The molecule has 0 bridgehead atoms. The molecular formula is C16H18N4O4. The molecule has 0 radical (unpaired) electrons. The lowest BCUT2D eigenvalue weighted by Gasteiger charge is -2.19. The molecule has 2 atom stereocenters. The molecule has 0 aliphatic carbocycles. The Kier molecular flexibility index (Phi) is 4.45. The van der Waals surface area contributed by atoms with Gasteiger partial charge in [-0.2, -0.15) is 4.98 Å². The lowest BCUT2D eigenvalue weighted by molar-refractivity contribution is -0.141. The first-order valence-corrected chi connectivity index (χ1v) is 7.72. The van der Waals surface area contributed by atoms with Gasteiger partial charge in [-0.25, -0.2) is 4.79 Å². The maximum absolute atomic E-state index is 12.2. The monoisotopic (exact) mass is 330 g/mol. The fourth-order valence-electron chi connectivity index (χ4n) is 2.60. The largest absolute Gasteiger partial charge is 0.481 e. The van der Waals surface area contributed by atoms with E-state index in [1.54, 1.807) is 6.92 Å². The van der Waals surface area contributed by atoms with Crippen molar-refractivity contribution in [1.82, 2.24) is 20.4 Å². The van der Waals surface area contributed by atoms with Crippen LogP contribution >= 0.6 is 0 Å². The van der Waals surface area contributed by atoms with E-state index >= 15 is 0 Å². The summed E-state index contributed by atoms with van der Waals surface area (Å²) in [5.74, 6) is -0.611. The molecule has 0 spiro atoms. The molecule has 2 unspecified atom stereocenters. The third-order valence-electron chi connectivity index (χ3n) is 4.01. The van der Waals surface area contributed by atoms with Crippen LogP contribution < -0.4 is 5.32 Å². The summed E-state index contributed by atoms with van der Waals surface area (Å²) in [6.07, 6.45) is 0.470. The van der Waals surface area contributed by atoms with Crippen molar-refractivity contribution in [3.05, 3.63) is 36.2 Å². The summed E-state index contributed by atoms with van der Waals surface area (Å²) in [7, 11) is 0. The fourth-order valence-corrected chi connectivity index (χ4v) is 2.60. The second-order valence-electron chi connectivity index (χ2n) is 5.76. The fraction of sp³-hybridized carbons (Fsp3) is 0.375. The summed E-state index contributed by atoms with van der Waals surface area (Å²) < 4.78 is 5.22. The van der Waals surface area contributed by atoms with E-state index in [0.717, 1.165) is 5.56 Å². The van der Waals surface area contributed by atoms with Crippen molar-refractivity contribution in [2.24, 2.45) is 5.92 Å². The van der Waals surface area contributed by atoms with E-state index in [0.29, 0.717) is 24.7 Å². The zero-order chi connectivity index (χ0) is 17.1. The molecule has 1 fully saturated rings. The Balaban J connectivity index is 1.61. The summed E-state index contributed by atoms with van der Waals surface area (Å²) in [5, 5.41) is 15.7. The van der Waals surface area contributed by atoms with Crippen LogP contribution in [0.25, 0.3) is 11.5 Å². The van der Waals surface area contributed by atoms with Crippen LogP contribution in [-0.4, -0.2) is 45.2 Å². The summed E-state index contributed by atoms with van der Waals surface area (Å²) in [5.41, 5.74) is 0.804. The van der Waals surface area contributed by atoms with Crippen LogP contribution in [0, 0.1) is 5.92 Å². The van der Waals surface area contributed by atoms with Gasteiger partial charge in [-0.15, -0.1) is 0 Å². The van der Waals surface area contributed by atoms with E-state index in [1.807, 2.05) is 30.3 Å². The normalized spacial score (nSPS) is 18.4. The van der Waals surface area contributed by atoms with Crippen molar-refractivity contribution in [3.63, 3.8) is 0 Å². The van der Waals surface area contributed by atoms with E-state index in [4.69, 9.17) is 9.63 Å². The van der Waals surface area contributed by atoms with Crippen LogP contribution in [0.2, 0.25) is 0 Å². The highest BCUT2D eigenvalue weighted by Crippen LogP contribution is 2.20. The topological polar surface area (TPSA) is 109 Å². The van der Waals surface area contributed by atoms with Crippen molar-refractivity contribution in [1.29, 1.82) is 0 Å². The molecule has 1 aliphatic rings. The Morgan fingerprint density at radius 3 is 2.79 bits per heavy atom. The molecule has 8 nitrogen and oxygen atoms in total. The highest BCUT2D eigenvalue weighted by Gasteiger charge is 2.31. The van der Waals surface area contributed by atoms with E-state index in [2.05, 4.69) is 15.5 Å². The average Bonchev–Trinajstić information content (AvgIpc) is 3.25. The van der Waals surface area contributed by atoms with E-state index in [9.17, 15) is 9.59 Å². The van der Waals surface area contributed by atoms with Crippen LogP contribution in [0.15, 0.2) is 34.9 Å². The molecule has 3 rings (SSSR count). The molecule has 1 aromatic carbocycles.